The van der Waals surface area contributed by atoms with E-state index >= 15 is 0 Å². The number of nitrogens with one attached hydrogen (secondary N) is 1. The summed E-state index contributed by atoms with van der Waals surface area (Å²) in [6, 6.07) is 10.5. The Morgan fingerprint density at radius 1 is 0.969 bits per heavy atom. The number of carbonyl (C=O) groups is 2. The van der Waals surface area contributed by atoms with Gasteiger partial charge in [0.15, 0.2) is 0 Å². The Kier molecular flexibility index (Phi) is 6.26. The third-order valence-electron chi connectivity index (χ3n) is 8.28. The maximum atomic E-state index is 13.4. The first-order valence-corrected chi connectivity index (χ1v) is 12.7. The van der Waals surface area contributed by atoms with Crippen molar-refractivity contribution >= 4 is 11.8 Å². The molecule has 1 aromatic carbocycles. The molecule has 2 heterocycles. The molecular formula is C26H37N3O3. The average molecular weight is 440 g/mol. The number of rotatable bonds is 5. The lowest BCUT2D eigenvalue weighted by molar-refractivity contribution is -0.136. The second-order valence-electron chi connectivity index (χ2n) is 10.4. The van der Waals surface area contributed by atoms with Gasteiger partial charge in [0.1, 0.15) is 0 Å². The molecule has 0 aromatic heterocycles. The Labute approximate surface area is 191 Å². The highest BCUT2D eigenvalue weighted by Crippen LogP contribution is 2.50. The third kappa shape index (κ3) is 4.32. The van der Waals surface area contributed by atoms with E-state index in [0.717, 1.165) is 57.2 Å². The minimum absolute atomic E-state index is 0.0907. The third-order valence-corrected chi connectivity index (χ3v) is 8.28. The Morgan fingerprint density at radius 2 is 1.66 bits per heavy atom. The molecular weight excluding hydrogens is 402 g/mol. The number of likely N-dealkylation sites (tertiary alicyclic amines) is 2. The molecule has 2 aliphatic carbocycles. The largest absolute Gasteiger partial charge is 0.392 e. The lowest BCUT2D eigenvalue weighted by Gasteiger charge is -2.40. The van der Waals surface area contributed by atoms with E-state index in [4.69, 9.17) is 0 Å². The molecule has 4 fully saturated rings. The first-order valence-electron chi connectivity index (χ1n) is 12.7. The molecule has 2 N–H and O–H groups in total. The standard InChI is InChI=1S/C26H37N3O3/c30-22-17-23(24(31)27-20-9-5-2-6-10-20)29(18-22)21-11-15-28(16-12-21)25(32)26(13-14-26)19-7-3-1-4-8-19/h1,3-4,7-8,20-23,30H,2,5-6,9-18H2,(H,27,31)/t22-,23+/m1/s1. The SMILES string of the molecule is O=C(NC1CCCCC1)[C@@H]1C[C@@H](O)CN1C1CCN(C(=O)C2(c3ccccc3)CC2)CC1. The van der Waals surface area contributed by atoms with Crippen LogP contribution in [0.1, 0.15) is 69.8 Å². The quantitative estimate of drug-likeness (QED) is 0.740. The minimum Gasteiger partial charge on any atom is -0.392 e. The van der Waals surface area contributed by atoms with Gasteiger partial charge in [-0.05, 0) is 50.5 Å². The number of β-amino-alcohol motifs (C(OH)–C–C–N with tert-alkyl or cyclic N) is 1. The zero-order valence-corrected chi connectivity index (χ0v) is 19.0. The van der Waals surface area contributed by atoms with Gasteiger partial charge in [0.2, 0.25) is 11.8 Å². The van der Waals surface area contributed by atoms with E-state index in [1.54, 1.807) is 0 Å². The second kappa shape index (κ2) is 9.14. The van der Waals surface area contributed by atoms with Crippen molar-refractivity contribution in [2.45, 2.75) is 93.9 Å². The molecule has 2 amide bonds. The number of carbonyl (C=O) groups excluding carboxylic acids is 2. The molecule has 174 valence electrons. The van der Waals surface area contributed by atoms with Crippen molar-refractivity contribution in [2.75, 3.05) is 19.6 Å². The van der Waals surface area contributed by atoms with Crippen LogP contribution >= 0.6 is 0 Å². The van der Waals surface area contributed by atoms with Gasteiger partial charge >= 0.3 is 0 Å². The maximum absolute atomic E-state index is 13.4. The van der Waals surface area contributed by atoms with Gasteiger partial charge in [-0.3, -0.25) is 14.5 Å². The molecule has 2 aliphatic heterocycles. The van der Waals surface area contributed by atoms with Gasteiger partial charge in [0.25, 0.3) is 0 Å². The molecule has 32 heavy (non-hydrogen) atoms. The van der Waals surface area contributed by atoms with Crippen LogP contribution in [-0.2, 0) is 15.0 Å². The smallest absolute Gasteiger partial charge is 0.237 e. The second-order valence-corrected chi connectivity index (χ2v) is 10.4. The van der Waals surface area contributed by atoms with Crippen molar-refractivity contribution in [2.24, 2.45) is 0 Å². The van der Waals surface area contributed by atoms with Crippen LogP contribution in [0.3, 0.4) is 0 Å². The van der Waals surface area contributed by atoms with E-state index in [1.165, 1.54) is 19.3 Å². The molecule has 5 rings (SSSR count). The molecule has 6 heteroatoms. The predicted octanol–water partition coefficient (Wildman–Crippen LogP) is 2.59. The van der Waals surface area contributed by atoms with Gasteiger partial charge in [-0.15, -0.1) is 0 Å². The van der Waals surface area contributed by atoms with E-state index < -0.39 is 6.10 Å². The summed E-state index contributed by atoms with van der Waals surface area (Å²) in [4.78, 5) is 30.7. The van der Waals surface area contributed by atoms with Crippen LogP contribution in [0.25, 0.3) is 0 Å². The number of piperidine rings is 1. The molecule has 4 aliphatic rings. The Balaban J connectivity index is 1.18. The van der Waals surface area contributed by atoms with Crippen molar-refractivity contribution in [1.29, 1.82) is 0 Å². The number of aliphatic hydroxyl groups is 1. The van der Waals surface area contributed by atoms with Crippen molar-refractivity contribution in [3.8, 4) is 0 Å². The molecule has 2 atom stereocenters. The summed E-state index contributed by atoms with van der Waals surface area (Å²) in [5.74, 6) is 0.364. The number of aliphatic hydroxyl groups excluding tert-OH is 1. The van der Waals surface area contributed by atoms with Crippen LogP contribution in [0, 0.1) is 0 Å². The fourth-order valence-electron chi connectivity index (χ4n) is 6.26. The number of amides is 2. The summed E-state index contributed by atoms with van der Waals surface area (Å²) in [5.41, 5.74) is 0.842. The van der Waals surface area contributed by atoms with Crippen molar-refractivity contribution < 1.29 is 14.7 Å². The molecule has 2 saturated heterocycles. The van der Waals surface area contributed by atoms with E-state index in [9.17, 15) is 14.7 Å². The fraction of sp³-hybridized carbons (Fsp3) is 0.692. The summed E-state index contributed by atoms with van der Waals surface area (Å²) in [6.45, 7) is 2.04. The summed E-state index contributed by atoms with van der Waals surface area (Å²) < 4.78 is 0. The monoisotopic (exact) mass is 439 g/mol. The van der Waals surface area contributed by atoms with Crippen LogP contribution in [-0.4, -0.2) is 70.6 Å². The van der Waals surface area contributed by atoms with E-state index in [1.807, 2.05) is 23.1 Å². The van der Waals surface area contributed by atoms with Gasteiger partial charge in [0, 0.05) is 31.7 Å². The summed E-state index contributed by atoms with van der Waals surface area (Å²) >= 11 is 0. The summed E-state index contributed by atoms with van der Waals surface area (Å²) in [5, 5.41) is 13.6. The van der Waals surface area contributed by atoms with Gasteiger partial charge in [0.05, 0.1) is 17.6 Å². The topological polar surface area (TPSA) is 72.9 Å². The molecule has 0 bridgehead atoms. The normalized spacial score (nSPS) is 29.1. The molecule has 0 spiro atoms. The van der Waals surface area contributed by atoms with Crippen LogP contribution in [0.5, 0.6) is 0 Å². The van der Waals surface area contributed by atoms with Gasteiger partial charge in [-0.1, -0.05) is 49.6 Å². The average Bonchev–Trinajstić information content (AvgIpc) is 3.55. The minimum atomic E-state index is -0.440. The molecule has 0 unspecified atom stereocenters. The number of benzene rings is 1. The van der Waals surface area contributed by atoms with Crippen molar-refractivity contribution in [3.05, 3.63) is 35.9 Å². The lowest BCUT2D eigenvalue weighted by atomic mass is 9.92. The number of nitrogens with zero attached hydrogens (tertiary/aromatic N) is 2. The fourth-order valence-corrected chi connectivity index (χ4v) is 6.26. The predicted molar refractivity (Wildman–Crippen MR) is 123 cm³/mol. The summed E-state index contributed by atoms with van der Waals surface area (Å²) in [6.07, 6.45) is 9.51. The van der Waals surface area contributed by atoms with Crippen molar-refractivity contribution in [3.63, 3.8) is 0 Å². The van der Waals surface area contributed by atoms with Crippen molar-refractivity contribution in [1.82, 2.24) is 15.1 Å². The first-order chi connectivity index (χ1) is 15.6. The molecule has 2 saturated carbocycles. The lowest BCUT2D eigenvalue weighted by Crippen LogP contribution is -2.54. The highest BCUT2D eigenvalue weighted by molar-refractivity contribution is 5.91. The van der Waals surface area contributed by atoms with Crippen LogP contribution in [0.2, 0.25) is 0 Å². The first kappa shape index (κ1) is 21.9. The van der Waals surface area contributed by atoms with Gasteiger partial charge < -0.3 is 15.3 Å². The van der Waals surface area contributed by atoms with Gasteiger partial charge in [-0.2, -0.15) is 0 Å². The molecule has 6 nitrogen and oxygen atoms in total. The molecule has 0 radical (unpaired) electrons. The van der Waals surface area contributed by atoms with E-state index in [0.29, 0.717) is 19.0 Å². The maximum Gasteiger partial charge on any atom is 0.237 e. The van der Waals surface area contributed by atoms with E-state index in [-0.39, 0.29) is 29.3 Å². The Bertz CT molecular complexity index is 811. The Hall–Kier alpha value is -1.92. The van der Waals surface area contributed by atoms with Crippen LogP contribution in [0.4, 0.5) is 0 Å². The molecule has 1 aromatic rings. The van der Waals surface area contributed by atoms with Crippen LogP contribution < -0.4 is 5.32 Å². The number of hydrogen-bond donors (Lipinski definition) is 2. The number of hydrogen-bond acceptors (Lipinski definition) is 4. The summed E-state index contributed by atoms with van der Waals surface area (Å²) in [7, 11) is 0. The highest BCUT2D eigenvalue weighted by atomic mass is 16.3. The Morgan fingerprint density at radius 3 is 2.31 bits per heavy atom. The zero-order chi connectivity index (χ0) is 22.1. The highest BCUT2D eigenvalue weighted by Gasteiger charge is 2.53. The van der Waals surface area contributed by atoms with E-state index in [2.05, 4.69) is 22.3 Å². The van der Waals surface area contributed by atoms with Gasteiger partial charge in [-0.25, -0.2) is 0 Å². The van der Waals surface area contributed by atoms with Crippen LogP contribution in [0.15, 0.2) is 30.3 Å². The zero-order valence-electron chi connectivity index (χ0n) is 19.0.